The van der Waals surface area contributed by atoms with Gasteiger partial charge in [0.05, 0.1) is 27.4 Å². The first kappa shape index (κ1) is 23.8. The van der Waals surface area contributed by atoms with Crippen LogP contribution in [0.4, 0.5) is 0 Å². The number of methoxy groups -OCH3 is 3. The molecule has 0 radical (unpaired) electrons. The van der Waals surface area contributed by atoms with Crippen molar-refractivity contribution in [3.63, 3.8) is 0 Å². The number of ether oxygens (including phenoxy) is 3. The molecule has 164 valence electrons. The number of halogens is 1. The standard InChI is InChI=1S/C23H30N2O4.ClH/c1-16-7-9-17(10-8-16)19(25-11-5-6-12-25)15-24-23(26)18-13-20(27-2)22(29-4)21(14-18)28-3;/h7-10,13-14,19H,5-6,11-12,15H2,1-4H3,(H,24,26);1H. The van der Waals surface area contributed by atoms with Crippen LogP contribution in [-0.2, 0) is 0 Å². The van der Waals surface area contributed by atoms with Gasteiger partial charge in [0.15, 0.2) is 11.5 Å². The summed E-state index contributed by atoms with van der Waals surface area (Å²) in [5, 5.41) is 3.10. The van der Waals surface area contributed by atoms with Crippen molar-refractivity contribution in [2.24, 2.45) is 0 Å². The lowest BCUT2D eigenvalue weighted by molar-refractivity contribution is 0.0937. The first-order chi connectivity index (χ1) is 14.1. The zero-order valence-electron chi connectivity index (χ0n) is 18.1. The Balaban J connectivity index is 0.00000320. The number of amides is 1. The van der Waals surface area contributed by atoms with Crippen molar-refractivity contribution in [3.05, 3.63) is 53.1 Å². The van der Waals surface area contributed by atoms with E-state index in [9.17, 15) is 4.79 Å². The van der Waals surface area contributed by atoms with Crippen LogP contribution in [0.15, 0.2) is 36.4 Å². The summed E-state index contributed by atoms with van der Waals surface area (Å²) in [6.45, 7) is 4.73. The lowest BCUT2D eigenvalue weighted by Crippen LogP contribution is -2.36. The second-order valence-electron chi connectivity index (χ2n) is 7.29. The SMILES string of the molecule is COc1cc(C(=O)NCC(c2ccc(C)cc2)N2CCCC2)cc(OC)c1OC.Cl. The largest absolute Gasteiger partial charge is 0.493 e. The fourth-order valence-electron chi connectivity index (χ4n) is 3.80. The van der Waals surface area contributed by atoms with Gasteiger partial charge in [0, 0.05) is 12.1 Å². The number of likely N-dealkylation sites (tertiary alicyclic amines) is 1. The first-order valence-electron chi connectivity index (χ1n) is 9.96. The normalized spacial score (nSPS) is 14.5. The summed E-state index contributed by atoms with van der Waals surface area (Å²) in [6.07, 6.45) is 2.40. The Bertz CT molecular complexity index is 811. The number of rotatable bonds is 8. The van der Waals surface area contributed by atoms with Crippen LogP contribution in [0.5, 0.6) is 17.2 Å². The predicted octanol–water partition coefficient (Wildman–Crippen LogP) is 4.01. The maximum Gasteiger partial charge on any atom is 0.251 e. The second kappa shape index (κ2) is 11.1. The minimum absolute atomic E-state index is 0. The van der Waals surface area contributed by atoms with E-state index in [4.69, 9.17) is 14.2 Å². The van der Waals surface area contributed by atoms with Crippen LogP contribution in [0.2, 0.25) is 0 Å². The Labute approximate surface area is 184 Å². The number of benzene rings is 2. The Hall–Kier alpha value is -2.44. The second-order valence-corrected chi connectivity index (χ2v) is 7.29. The summed E-state index contributed by atoms with van der Waals surface area (Å²) in [6, 6.07) is 12.1. The highest BCUT2D eigenvalue weighted by Gasteiger charge is 2.24. The Morgan fingerprint density at radius 2 is 1.57 bits per heavy atom. The Morgan fingerprint density at radius 1 is 1.00 bits per heavy atom. The van der Waals surface area contributed by atoms with Crippen LogP contribution < -0.4 is 19.5 Å². The number of carbonyl (C=O) groups is 1. The molecule has 0 aliphatic carbocycles. The summed E-state index contributed by atoms with van der Waals surface area (Å²) in [5.74, 6) is 1.24. The summed E-state index contributed by atoms with van der Waals surface area (Å²) in [7, 11) is 4.63. The van der Waals surface area contributed by atoms with Gasteiger partial charge in [-0.2, -0.15) is 0 Å². The molecule has 6 nitrogen and oxygen atoms in total. The highest BCUT2D eigenvalue weighted by atomic mass is 35.5. The van der Waals surface area contributed by atoms with Crippen molar-refractivity contribution < 1.29 is 19.0 Å². The van der Waals surface area contributed by atoms with E-state index >= 15 is 0 Å². The molecule has 1 fully saturated rings. The number of carbonyl (C=O) groups excluding carboxylic acids is 1. The smallest absolute Gasteiger partial charge is 0.251 e. The zero-order chi connectivity index (χ0) is 20.8. The van der Waals surface area contributed by atoms with Crippen LogP contribution in [0, 0.1) is 6.92 Å². The van der Waals surface area contributed by atoms with Gasteiger partial charge in [0.25, 0.3) is 5.91 Å². The van der Waals surface area contributed by atoms with Crippen molar-refractivity contribution in [2.75, 3.05) is 41.0 Å². The molecule has 0 bridgehead atoms. The highest BCUT2D eigenvalue weighted by Crippen LogP contribution is 2.38. The monoisotopic (exact) mass is 434 g/mol. The summed E-state index contributed by atoms with van der Waals surface area (Å²) >= 11 is 0. The third-order valence-corrected chi connectivity index (χ3v) is 5.43. The molecule has 0 spiro atoms. The van der Waals surface area contributed by atoms with E-state index in [1.807, 2.05) is 0 Å². The fraction of sp³-hybridized carbons (Fsp3) is 0.435. The molecule has 1 heterocycles. The molecule has 1 saturated heterocycles. The lowest BCUT2D eigenvalue weighted by atomic mass is 10.0. The maximum atomic E-state index is 12.9. The Kier molecular flexibility index (Phi) is 8.81. The van der Waals surface area contributed by atoms with Crippen LogP contribution in [0.3, 0.4) is 0 Å². The van der Waals surface area contributed by atoms with Gasteiger partial charge in [-0.05, 0) is 50.6 Å². The van der Waals surface area contributed by atoms with Crippen molar-refractivity contribution in [2.45, 2.75) is 25.8 Å². The van der Waals surface area contributed by atoms with Gasteiger partial charge in [-0.15, -0.1) is 12.4 Å². The predicted molar refractivity (Wildman–Crippen MR) is 120 cm³/mol. The van der Waals surface area contributed by atoms with Crippen LogP contribution in [0.1, 0.15) is 40.4 Å². The van der Waals surface area contributed by atoms with Gasteiger partial charge in [-0.3, -0.25) is 9.69 Å². The average molecular weight is 435 g/mol. The molecule has 1 aliphatic heterocycles. The van der Waals surface area contributed by atoms with E-state index < -0.39 is 0 Å². The summed E-state index contributed by atoms with van der Waals surface area (Å²) in [4.78, 5) is 15.3. The molecule has 1 aliphatic rings. The van der Waals surface area contributed by atoms with E-state index in [1.165, 1.54) is 24.0 Å². The fourth-order valence-corrected chi connectivity index (χ4v) is 3.80. The van der Waals surface area contributed by atoms with E-state index in [-0.39, 0.29) is 24.4 Å². The molecule has 0 saturated carbocycles. The van der Waals surface area contributed by atoms with E-state index in [0.717, 1.165) is 13.1 Å². The molecule has 7 heteroatoms. The van der Waals surface area contributed by atoms with Gasteiger partial charge in [-0.25, -0.2) is 0 Å². The average Bonchev–Trinajstić information content (AvgIpc) is 3.28. The number of aryl methyl sites for hydroxylation is 1. The van der Waals surface area contributed by atoms with Crippen molar-refractivity contribution in [1.82, 2.24) is 10.2 Å². The van der Waals surface area contributed by atoms with E-state index in [1.54, 1.807) is 33.5 Å². The molecular formula is C23H31ClN2O4. The van der Waals surface area contributed by atoms with Crippen molar-refractivity contribution in [1.29, 1.82) is 0 Å². The third-order valence-electron chi connectivity index (χ3n) is 5.43. The maximum absolute atomic E-state index is 12.9. The Morgan fingerprint density at radius 3 is 2.07 bits per heavy atom. The molecular weight excluding hydrogens is 404 g/mol. The molecule has 30 heavy (non-hydrogen) atoms. The van der Waals surface area contributed by atoms with Crippen LogP contribution >= 0.6 is 12.4 Å². The van der Waals surface area contributed by atoms with Gasteiger partial charge < -0.3 is 19.5 Å². The topological polar surface area (TPSA) is 60.0 Å². The molecule has 2 aromatic rings. The van der Waals surface area contributed by atoms with E-state index in [2.05, 4.69) is 41.4 Å². The first-order valence-corrected chi connectivity index (χ1v) is 9.96. The van der Waals surface area contributed by atoms with Crippen molar-refractivity contribution >= 4 is 18.3 Å². The molecule has 0 aromatic heterocycles. The third kappa shape index (κ3) is 5.37. The quantitative estimate of drug-likeness (QED) is 0.680. The van der Waals surface area contributed by atoms with Gasteiger partial charge >= 0.3 is 0 Å². The molecule has 2 aromatic carbocycles. The number of nitrogens with one attached hydrogen (secondary N) is 1. The van der Waals surface area contributed by atoms with Gasteiger partial charge in [-0.1, -0.05) is 29.8 Å². The molecule has 1 amide bonds. The number of hydrogen-bond donors (Lipinski definition) is 1. The van der Waals surface area contributed by atoms with Gasteiger partial charge in [0.1, 0.15) is 0 Å². The molecule has 1 atom stereocenters. The van der Waals surface area contributed by atoms with E-state index in [0.29, 0.717) is 29.4 Å². The molecule has 1 unspecified atom stereocenters. The van der Waals surface area contributed by atoms with Gasteiger partial charge in [0.2, 0.25) is 5.75 Å². The minimum Gasteiger partial charge on any atom is -0.493 e. The summed E-state index contributed by atoms with van der Waals surface area (Å²) < 4.78 is 16.1. The summed E-state index contributed by atoms with van der Waals surface area (Å²) in [5.41, 5.74) is 2.93. The zero-order valence-corrected chi connectivity index (χ0v) is 18.9. The highest BCUT2D eigenvalue weighted by molar-refractivity contribution is 5.95. The number of hydrogen-bond acceptors (Lipinski definition) is 5. The molecule has 3 rings (SSSR count). The van der Waals surface area contributed by atoms with Crippen molar-refractivity contribution in [3.8, 4) is 17.2 Å². The lowest BCUT2D eigenvalue weighted by Gasteiger charge is -2.28. The van der Waals surface area contributed by atoms with Crippen LogP contribution in [0.25, 0.3) is 0 Å². The van der Waals surface area contributed by atoms with Crippen LogP contribution in [-0.4, -0.2) is 51.8 Å². The molecule has 1 N–H and O–H groups in total. The number of nitrogens with zero attached hydrogens (tertiary/aromatic N) is 1. The minimum atomic E-state index is -0.166.